The minimum Gasteiger partial charge on any atom is -0.317 e. The Kier molecular flexibility index (Phi) is 8.64. The van der Waals surface area contributed by atoms with Gasteiger partial charge < -0.3 is 15.1 Å². The van der Waals surface area contributed by atoms with E-state index in [2.05, 4.69) is 35.9 Å². The smallest absolute Gasteiger partial charge is 0.0110 e. The third kappa shape index (κ3) is 7.34. The van der Waals surface area contributed by atoms with E-state index in [4.69, 9.17) is 0 Å². The zero-order valence-electron chi connectivity index (χ0n) is 12.7. The van der Waals surface area contributed by atoms with Gasteiger partial charge in [0.15, 0.2) is 0 Å². The van der Waals surface area contributed by atoms with E-state index in [0.717, 1.165) is 5.92 Å². The Balaban J connectivity index is 1.86. The molecule has 1 aliphatic rings. The summed E-state index contributed by atoms with van der Waals surface area (Å²) in [6.07, 6.45) is 3.98. The Morgan fingerprint density at radius 2 is 1.61 bits per heavy atom. The fraction of sp³-hybridized carbons (Fsp3) is 1.00. The third-order valence-corrected chi connectivity index (χ3v) is 3.89. The number of likely N-dealkylation sites (N-methyl/N-ethyl adjacent to an activating group) is 1. The molecule has 1 N–H and O–H groups in total. The molecule has 1 fully saturated rings. The number of unbranched alkanes of at least 4 members (excludes halogenated alkanes) is 1. The molecule has 0 spiro atoms. The van der Waals surface area contributed by atoms with Gasteiger partial charge in [-0.1, -0.05) is 20.8 Å². The zero-order chi connectivity index (χ0) is 13.2. The average molecular weight is 255 g/mol. The van der Waals surface area contributed by atoms with Crippen LogP contribution in [-0.4, -0.2) is 62.2 Å². The van der Waals surface area contributed by atoms with Gasteiger partial charge in [0, 0.05) is 26.2 Å². The first kappa shape index (κ1) is 15.9. The molecule has 1 rings (SSSR count). The normalized spacial score (nSPS) is 18.7. The van der Waals surface area contributed by atoms with E-state index in [9.17, 15) is 0 Å². The first-order valence-electron chi connectivity index (χ1n) is 7.87. The topological polar surface area (TPSA) is 18.5 Å². The third-order valence-electron chi connectivity index (χ3n) is 3.89. The van der Waals surface area contributed by atoms with E-state index in [1.54, 1.807) is 0 Å². The Morgan fingerprint density at radius 1 is 0.944 bits per heavy atom. The van der Waals surface area contributed by atoms with Crippen molar-refractivity contribution in [1.29, 1.82) is 0 Å². The standard InChI is InChI=1S/C15H33N3/c1-4-17-11-13-18(14-12-17)10-6-5-8-16-9-7-15(2)3/h15-16H,4-14H2,1-3H3. The molecule has 0 aromatic rings. The number of nitrogens with zero attached hydrogens (tertiary/aromatic N) is 2. The van der Waals surface area contributed by atoms with Gasteiger partial charge in [0.05, 0.1) is 0 Å². The molecule has 0 saturated carbocycles. The molecule has 0 unspecified atom stereocenters. The Morgan fingerprint density at radius 3 is 2.22 bits per heavy atom. The van der Waals surface area contributed by atoms with Gasteiger partial charge in [-0.2, -0.15) is 0 Å². The molecule has 18 heavy (non-hydrogen) atoms. The number of hydrogen-bond donors (Lipinski definition) is 1. The maximum absolute atomic E-state index is 3.54. The number of nitrogens with one attached hydrogen (secondary N) is 1. The van der Waals surface area contributed by atoms with Gasteiger partial charge >= 0.3 is 0 Å². The summed E-state index contributed by atoms with van der Waals surface area (Å²) in [6.45, 7) is 16.8. The molecule has 0 atom stereocenters. The van der Waals surface area contributed by atoms with Crippen LogP contribution in [0, 0.1) is 5.92 Å². The molecule has 0 amide bonds. The lowest BCUT2D eigenvalue weighted by Crippen LogP contribution is -2.46. The van der Waals surface area contributed by atoms with Crippen molar-refractivity contribution in [2.75, 3.05) is 52.4 Å². The van der Waals surface area contributed by atoms with E-state index in [0.29, 0.717) is 0 Å². The highest BCUT2D eigenvalue weighted by atomic mass is 15.3. The second-order valence-corrected chi connectivity index (χ2v) is 5.92. The highest BCUT2D eigenvalue weighted by Crippen LogP contribution is 2.03. The van der Waals surface area contributed by atoms with Crippen LogP contribution >= 0.6 is 0 Å². The van der Waals surface area contributed by atoms with Gasteiger partial charge in [-0.25, -0.2) is 0 Å². The molecular weight excluding hydrogens is 222 g/mol. The monoisotopic (exact) mass is 255 g/mol. The summed E-state index contributed by atoms with van der Waals surface area (Å²) < 4.78 is 0. The number of piperazine rings is 1. The fourth-order valence-electron chi connectivity index (χ4n) is 2.43. The summed E-state index contributed by atoms with van der Waals surface area (Å²) in [4.78, 5) is 5.17. The molecule has 3 nitrogen and oxygen atoms in total. The summed E-state index contributed by atoms with van der Waals surface area (Å²) in [6, 6.07) is 0. The lowest BCUT2D eigenvalue weighted by Gasteiger charge is -2.33. The summed E-state index contributed by atoms with van der Waals surface area (Å²) in [7, 11) is 0. The second-order valence-electron chi connectivity index (χ2n) is 5.92. The quantitative estimate of drug-likeness (QED) is 0.636. The van der Waals surface area contributed by atoms with Gasteiger partial charge in [-0.3, -0.25) is 0 Å². The van der Waals surface area contributed by atoms with Gasteiger partial charge in [0.1, 0.15) is 0 Å². The first-order chi connectivity index (χ1) is 8.72. The molecule has 0 aliphatic carbocycles. The van der Waals surface area contributed by atoms with Crippen LogP contribution in [0.1, 0.15) is 40.0 Å². The van der Waals surface area contributed by atoms with Gasteiger partial charge in [0.25, 0.3) is 0 Å². The number of hydrogen-bond acceptors (Lipinski definition) is 3. The minimum absolute atomic E-state index is 0.826. The number of rotatable bonds is 9. The minimum atomic E-state index is 0.826. The summed E-state index contributed by atoms with van der Waals surface area (Å²) in [5.41, 5.74) is 0. The van der Waals surface area contributed by atoms with Crippen LogP contribution in [0.2, 0.25) is 0 Å². The Labute approximate surface area is 114 Å². The van der Waals surface area contributed by atoms with Crippen molar-refractivity contribution < 1.29 is 0 Å². The van der Waals surface area contributed by atoms with E-state index < -0.39 is 0 Å². The molecule has 108 valence electrons. The lowest BCUT2D eigenvalue weighted by molar-refractivity contribution is 0.135. The van der Waals surface area contributed by atoms with E-state index in [-0.39, 0.29) is 0 Å². The maximum Gasteiger partial charge on any atom is 0.0110 e. The van der Waals surface area contributed by atoms with Crippen molar-refractivity contribution in [3.05, 3.63) is 0 Å². The van der Waals surface area contributed by atoms with Crippen LogP contribution in [0.5, 0.6) is 0 Å². The molecule has 3 heteroatoms. The predicted octanol–water partition coefficient (Wildman–Crippen LogP) is 2.04. The molecule has 1 aliphatic heterocycles. The first-order valence-corrected chi connectivity index (χ1v) is 7.87. The second kappa shape index (κ2) is 9.76. The van der Waals surface area contributed by atoms with Crippen molar-refractivity contribution in [3.63, 3.8) is 0 Å². The summed E-state index contributed by atoms with van der Waals surface area (Å²) in [5, 5.41) is 3.54. The average Bonchev–Trinajstić information content (AvgIpc) is 2.38. The Hall–Kier alpha value is -0.120. The predicted molar refractivity (Wildman–Crippen MR) is 80.1 cm³/mol. The van der Waals surface area contributed by atoms with Gasteiger partial charge in [-0.15, -0.1) is 0 Å². The van der Waals surface area contributed by atoms with Gasteiger partial charge in [-0.05, 0) is 51.4 Å². The molecule has 0 aromatic heterocycles. The van der Waals surface area contributed by atoms with Crippen LogP contribution in [0.3, 0.4) is 0 Å². The van der Waals surface area contributed by atoms with Crippen molar-refractivity contribution in [2.24, 2.45) is 5.92 Å². The molecule has 0 bridgehead atoms. The highest BCUT2D eigenvalue weighted by Gasteiger charge is 2.14. The maximum atomic E-state index is 3.54. The van der Waals surface area contributed by atoms with Crippen molar-refractivity contribution in [3.8, 4) is 0 Å². The van der Waals surface area contributed by atoms with E-state index in [1.165, 1.54) is 71.6 Å². The van der Waals surface area contributed by atoms with Crippen molar-refractivity contribution >= 4 is 0 Å². The van der Waals surface area contributed by atoms with E-state index in [1.807, 2.05) is 0 Å². The Bertz CT molecular complexity index is 186. The molecular formula is C15H33N3. The molecule has 1 heterocycles. The van der Waals surface area contributed by atoms with Crippen LogP contribution in [0.15, 0.2) is 0 Å². The molecule has 0 radical (unpaired) electrons. The zero-order valence-corrected chi connectivity index (χ0v) is 12.7. The van der Waals surface area contributed by atoms with E-state index >= 15 is 0 Å². The largest absolute Gasteiger partial charge is 0.317 e. The lowest BCUT2D eigenvalue weighted by atomic mass is 10.1. The van der Waals surface area contributed by atoms with Crippen molar-refractivity contribution in [2.45, 2.75) is 40.0 Å². The highest BCUT2D eigenvalue weighted by molar-refractivity contribution is 4.70. The van der Waals surface area contributed by atoms with Crippen LogP contribution in [0.25, 0.3) is 0 Å². The SMILES string of the molecule is CCN1CCN(CCCCNCCC(C)C)CC1. The van der Waals surface area contributed by atoms with Gasteiger partial charge in [0.2, 0.25) is 0 Å². The molecule has 1 saturated heterocycles. The summed E-state index contributed by atoms with van der Waals surface area (Å²) >= 11 is 0. The van der Waals surface area contributed by atoms with Crippen LogP contribution in [-0.2, 0) is 0 Å². The summed E-state index contributed by atoms with van der Waals surface area (Å²) in [5.74, 6) is 0.826. The molecule has 0 aromatic carbocycles. The van der Waals surface area contributed by atoms with Crippen LogP contribution < -0.4 is 5.32 Å². The van der Waals surface area contributed by atoms with Crippen LogP contribution in [0.4, 0.5) is 0 Å². The van der Waals surface area contributed by atoms with Crippen molar-refractivity contribution in [1.82, 2.24) is 15.1 Å². The fourth-order valence-corrected chi connectivity index (χ4v) is 2.43.